The Labute approximate surface area is 110 Å². The second kappa shape index (κ2) is 6.69. The first kappa shape index (κ1) is 13.3. The Balaban J connectivity index is 1.88. The molecular weight excluding hydrogens is 224 g/mol. The Morgan fingerprint density at radius 2 is 2.11 bits per heavy atom. The molecule has 1 saturated carbocycles. The van der Waals surface area contributed by atoms with Gasteiger partial charge in [0.15, 0.2) is 5.82 Å². The van der Waals surface area contributed by atoms with E-state index in [1.165, 1.54) is 12.8 Å². The van der Waals surface area contributed by atoms with Crippen LogP contribution in [0, 0.1) is 5.92 Å². The van der Waals surface area contributed by atoms with Gasteiger partial charge in [-0.2, -0.15) is 5.10 Å². The molecule has 0 spiro atoms. The first-order chi connectivity index (χ1) is 8.83. The van der Waals surface area contributed by atoms with Gasteiger partial charge in [0, 0.05) is 19.6 Å². The van der Waals surface area contributed by atoms with Gasteiger partial charge in [0.2, 0.25) is 0 Å². The SMILES string of the molecule is CCCNCc1ccc(N(CC)CC2CC2)nn1. The summed E-state index contributed by atoms with van der Waals surface area (Å²) in [6.45, 7) is 8.35. The summed E-state index contributed by atoms with van der Waals surface area (Å²) in [7, 11) is 0. The zero-order valence-electron chi connectivity index (χ0n) is 11.5. The van der Waals surface area contributed by atoms with Gasteiger partial charge >= 0.3 is 0 Å². The third-order valence-corrected chi connectivity index (χ3v) is 3.32. The summed E-state index contributed by atoms with van der Waals surface area (Å²) < 4.78 is 0. The van der Waals surface area contributed by atoms with E-state index in [0.717, 1.165) is 50.0 Å². The lowest BCUT2D eigenvalue weighted by molar-refractivity contribution is 0.653. The maximum Gasteiger partial charge on any atom is 0.151 e. The average Bonchev–Trinajstić information content (AvgIpc) is 3.21. The molecule has 0 atom stereocenters. The van der Waals surface area contributed by atoms with Crippen LogP contribution in [0.4, 0.5) is 5.82 Å². The highest BCUT2D eigenvalue weighted by Gasteiger charge is 2.24. The lowest BCUT2D eigenvalue weighted by Crippen LogP contribution is -2.26. The van der Waals surface area contributed by atoms with Crippen molar-refractivity contribution in [3.63, 3.8) is 0 Å². The van der Waals surface area contributed by atoms with Crippen LogP contribution in [0.25, 0.3) is 0 Å². The fourth-order valence-electron chi connectivity index (χ4n) is 2.01. The van der Waals surface area contributed by atoms with Crippen LogP contribution in [0.2, 0.25) is 0 Å². The van der Waals surface area contributed by atoms with Gasteiger partial charge in [0.05, 0.1) is 5.69 Å². The predicted octanol–water partition coefficient (Wildman–Crippen LogP) is 2.21. The molecule has 2 rings (SSSR count). The van der Waals surface area contributed by atoms with Crippen molar-refractivity contribution >= 4 is 5.82 Å². The van der Waals surface area contributed by atoms with E-state index in [1.54, 1.807) is 0 Å². The highest BCUT2D eigenvalue weighted by molar-refractivity contribution is 5.37. The first-order valence-corrected chi connectivity index (χ1v) is 7.11. The fraction of sp³-hybridized carbons (Fsp3) is 0.714. The van der Waals surface area contributed by atoms with E-state index in [9.17, 15) is 0 Å². The largest absolute Gasteiger partial charge is 0.355 e. The van der Waals surface area contributed by atoms with E-state index in [0.29, 0.717) is 0 Å². The van der Waals surface area contributed by atoms with Crippen LogP contribution >= 0.6 is 0 Å². The highest BCUT2D eigenvalue weighted by atomic mass is 15.3. The Morgan fingerprint density at radius 1 is 1.28 bits per heavy atom. The number of hydrogen-bond donors (Lipinski definition) is 1. The summed E-state index contributed by atoms with van der Waals surface area (Å²) in [6, 6.07) is 4.18. The van der Waals surface area contributed by atoms with Crippen LogP contribution < -0.4 is 10.2 Å². The molecule has 100 valence electrons. The minimum atomic E-state index is 0.815. The quantitative estimate of drug-likeness (QED) is 0.716. The van der Waals surface area contributed by atoms with Crippen molar-refractivity contribution in [2.75, 3.05) is 24.5 Å². The Bertz CT molecular complexity index is 345. The number of hydrogen-bond acceptors (Lipinski definition) is 4. The van der Waals surface area contributed by atoms with Crippen LogP contribution in [-0.4, -0.2) is 29.8 Å². The Hall–Kier alpha value is -1.16. The summed E-state index contributed by atoms with van der Waals surface area (Å²) in [5.41, 5.74) is 1.02. The molecule has 4 nitrogen and oxygen atoms in total. The molecule has 0 unspecified atom stereocenters. The van der Waals surface area contributed by atoms with Crippen molar-refractivity contribution in [1.29, 1.82) is 0 Å². The minimum absolute atomic E-state index is 0.815. The van der Waals surface area contributed by atoms with E-state index in [4.69, 9.17) is 0 Å². The lowest BCUT2D eigenvalue weighted by Gasteiger charge is -2.21. The highest BCUT2D eigenvalue weighted by Crippen LogP contribution is 2.30. The number of rotatable bonds is 8. The van der Waals surface area contributed by atoms with Gasteiger partial charge in [-0.25, -0.2) is 0 Å². The monoisotopic (exact) mass is 248 g/mol. The Kier molecular flexibility index (Phi) is 4.93. The number of anilines is 1. The van der Waals surface area contributed by atoms with E-state index in [-0.39, 0.29) is 0 Å². The third-order valence-electron chi connectivity index (χ3n) is 3.32. The van der Waals surface area contributed by atoms with E-state index >= 15 is 0 Å². The summed E-state index contributed by atoms with van der Waals surface area (Å²) in [4.78, 5) is 2.33. The molecule has 4 heteroatoms. The Morgan fingerprint density at radius 3 is 2.67 bits per heavy atom. The van der Waals surface area contributed by atoms with E-state index in [1.807, 2.05) is 0 Å². The number of nitrogens with zero attached hydrogens (tertiary/aromatic N) is 3. The topological polar surface area (TPSA) is 41.0 Å². The van der Waals surface area contributed by atoms with Crippen molar-refractivity contribution in [1.82, 2.24) is 15.5 Å². The van der Waals surface area contributed by atoms with Crippen molar-refractivity contribution < 1.29 is 0 Å². The molecule has 1 aliphatic rings. The molecule has 0 radical (unpaired) electrons. The molecule has 0 amide bonds. The third kappa shape index (κ3) is 3.95. The molecule has 0 bridgehead atoms. The van der Waals surface area contributed by atoms with Crippen LogP contribution in [0.5, 0.6) is 0 Å². The van der Waals surface area contributed by atoms with Crippen LogP contribution in [-0.2, 0) is 6.54 Å². The fourth-order valence-corrected chi connectivity index (χ4v) is 2.01. The molecule has 1 aromatic heterocycles. The molecule has 0 aliphatic heterocycles. The maximum absolute atomic E-state index is 4.35. The van der Waals surface area contributed by atoms with Crippen LogP contribution in [0.15, 0.2) is 12.1 Å². The zero-order valence-corrected chi connectivity index (χ0v) is 11.5. The maximum atomic E-state index is 4.35. The van der Waals surface area contributed by atoms with Gasteiger partial charge in [0.25, 0.3) is 0 Å². The van der Waals surface area contributed by atoms with Gasteiger partial charge in [-0.1, -0.05) is 6.92 Å². The smallest absolute Gasteiger partial charge is 0.151 e. The standard InChI is InChI=1S/C14H24N4/c1-3-9-15-10-13-7-8-14(17-16-13)18(4-2)11-12-5-6-12/h7-8,12,15H,3-6,9-11H2,1-2H3. The molecule has 0 aromatic carbocycles. The molecule has 18 heavy (non-hydrogen) atoms. The molecule has 0 saturated heterocycles. The van der Waals surface area contributed by atoms with Gasteiger partial charge in [0.1, 0.15) is 0 Å². The van der Waals surface area contributed by atoms with Crippen molar-refractivity contribution in [3.8, 4) is 0 Å². The van der Waals surface area contributed by atoms with Crippen molar-refractivity contribution in [2.24, 2.45) is 5.92 Å². The first-order valence-electron chi connectivity index (χ1n) is 7.11. The van der Waals surface area contributed by atoms with Crippen molar-refractivity contribution in [2.45, 2.75) is 39.7 Å². The second-order valence-electron chi connectivity index (χ2n) is 5.04. The summed E-state index contributed by atoms with van der Waals surface area (Å²) in [5.74, 6) is 1.90. The number of aromatic nitrogens is 2. The van der Waals surface area contributed by atoms with Gasteiger partial charge in [-0.3, -0.25) is 0 Å². The predicted molar refractivity (Wildman–Crippen MR) is 74.6 cm³/mol. The molecule has 1 heterocycles. The molecular formula is C14H24N4. The van der Waals surface area contributed by atoms with Gasteiger partial charge < -0.3 is 10.2 Å². The van der Waals surface area contributed by atoms with Gasteiger partial charge in [-0.05, 0) is 50.8 Å². The molecule has 1 fully saturated rings. The second-order valence-corrected chi connectivity index (χ2v) is 5.04. The zero-order chi connectivity index (χ0) is 12.8. The average molecular weight is 248 g/mol. The molecule has 1 aromatic rings. The summed E-state index contributed by atoms with van der Waals surface area (Å²) in [5, 5.41) is 12.0. The lowest BCUT2D eigenvalue weighted by atomic mass is 10.3. The van der Waals surface area contributed by atoms with Crippen LogP contribution in [0.3, 0.4) is 0 Å². The summed E-state index contributed by atoms with van der Waals surface area (Å²) in [6.07, 6.45) is 3.91. The minimum Gasteiger partial charge on any atom is -0.355 e. The molecule has 1 aliphatic carbocycles. The molecule has 1 N–H and O–H groups in total. The van der Waals surface area contributed by atoms with E-state index in [2.05, 4.69) is 46.4 Å². The van der Waals surface area contributed by atoms with E-state index < -0.39 is 0 Å². The van der Waals surface area contributed by atoms with Crippen LogP contribution in [0.1, 0.15) is 38.8 Å². The number of nitrogens with one attached hydrogen (secondary N) is 1. The van der Waals surface area contributed by atoms with Crippen molar-refractivity contribution in [3.05, 3.63) is 17.8 Å². The normalized spacial score (nSPS) is 14.8. The summed E-state index contributed by atoms with van der Waals surface area (Å²) >= 11 is 0. The van der Waals surface area contributed by atoms with Gasteiger partial charge in [-0.15, -0.1) is 5.10 Å².